The van der Waals surface area contributed by atoms with Gasteiger partial charge in [-0.15, -0.1) is 0 Å². The molecule has 0 heterocycles. The van der Waals surface area contributed by atoms with Gasteiger partial charge in [-0.1, -0.05) is 46.3 Å². The summed E-state index contributed by atoms with van der Waals surface area (Å²) in [5.41, 5.74) is 2.29. The topological polar surface area (TPSA) is 66.8 Å². The van der Waals surface area contributed by atoms with Crippen molar-refractivity contribution >= 4 is 5.97 Å². The first kappa shape index (κ1) is 22.4. The van der Waals surface area contributed by atoms with Gasteiger partial charge in [0.15, 0.2) is 0 Å². The zero-order chi connectivity index (χ0) is 20.2. The Morgan fingerprint density at radius 1 is 1.26 bits per heavy atom. The highest BCUT2D eigenvalue weighted by molar-refractivity contribution is 5.69. The predicted octanol–water partition coefficient (Wildman–Crippen LogP) is 4.49. The number of fused-ring (bicyclic) bond motifs is 1. The number of esters is 1. The lowest BCUT2D eigenvalue weighted by Gasteiger charge is -2.53. The minimum atomic E-state index is -0.795. The van der Waals surface area contributed by atoms with Gasteiger partial charge in [-0.3, -0.25) is 4.79 Å². The average molecular weight is 381 g/mol. The zero-order valence-corrected chi connectivity index (χ0v) is 18.0. The monoisotopic (exact) mass is 380 g/mol. The first-order valence-electron chi connectivity index (χ1n) is 10.8. The van der Waals surface area contributed by atoms with E-state index in [4.69, 9.17) is 14.9 Å². The number of aliphatic hydroxyl groups is 2. The highest BCUT2D eigenvalue weighted by Crippen LogP contribution is 2.58. The molecule has 0 aromatic carbocycles. The molecule has 156 valence electrons. The molecular weight excluding hydrogens is 340 g/mol. The second kappa shape index (κ2) is 9.09. The minimum absolute atomic E-state index is 0.220. The molecule has 0 amide bonds. The van der Waals surface area contributed by atoms with Gasteiger partial charge in [-0.25, -0.2) is 0 Å². The standard InChI is InChI=1S/C23H40O4/c1-16(13-21(26)27-18(14-24)15-25)10-12-23(5)17(2)8-9-19-20(23)7-6-11-22(19,3)4/h7,16-19,24-25H,6,8-15H2,1-5H3/t16-,17-,19-,23-/m1/s1. The Morgan fingerprint density at radius 3 is 2.56 bits per heavy atom. The van der Waals surface area contributed by atoms with E-state index in [0.29, 0.717) is 23.7 Å². The third-order valence-corrected chi connectivity index (χ3v) is 7.48. The van der Waals surface area contributed by atoms with Crippen molar-refractivity contribution in [1.29, 1.82) is 0 Å². The van der Waals surface area contributed by atoms with Gasteiger partial charge in [0.25, 0.3) is 0 Å². The van der Waals surface area contributed by atoms with Crippen molar-refractivity contribution < 1.29 is 19.7 Å². The van der Waals surface area contributed by atoms with Gasteiger partial charge >= 0.3 is 5.97 Å². The van der Waals surface area contributed by atoms with Crippen LogP contribution >= 0.6 is 0 Å². The highest BCUT2D eigenvalue weighted by Gasteiger charge is 2.47. The molecule has 27 heavy (non-hydrogen) atoms. The third-order valence-electron chi connectivity index (χ3n) is 7.48. The Morgan fingerprint density at radius 2 is 1.93 bits per heavy atom. The van der Waals surface area contributed by atoms with Crippen LogP contribution in [0.2, 0.25) is 0 Å². The number of allylic oxidation sites excluding steroid dienone is 2. The molecular formula is C23H40O4. The summed E-state index contributed by atoms with van der Waals surface area (Å²) in [6.45, 7) is 11.1. The predicted molar refractivity (Wildman–Crippen MR) is 108 cm³/mol. The van der Waals surface area contributed by atoms with Crippen LogP contribution in [0, 0.1) is 28.6 Å². The molecule has 0 unspecified atom stereocenters. The van der Waals surface area contributed by atoms with Crippen molar-refractivity contribution in [1.82, 2.24) is 0 Å². The van der Waals surface area contributed by atoms with Gasteiger partial charge in [0.1, 0.15) is 6.10 Å². The van der Waals surface area contributed by atoms with Gasteiger partial charge in [0.2, 0.25) is 0 Å². The fraction of sp³-hybridized carbons (Fsp3) is 0.870. The van der Waals surface area contributed by atoms with Crippen molar-refractivity contribution in [3.8, 4) is 0 Å². The molecule has 4 heteroatoms. The van der Waals surface area contributed by atoms with E-state index in [9.17, 15) is 4.79 Å². The summed E-state index contributed by atoms with van der Waals surface area (Å²) in [6.07, 6.45) is 9.22. The Hall–Kier alpha value is -0.870. The van der Waals surface area contributed by atoms with Crippen molar-refractivity contribution in [2.24, 2.45) is 28.6 Å². The number of rotatable bonds is 8. The molecule has 0 spiro atoms. The zero-order valence-electron chi connectivity index (χ0n) is 18.0. The number of ether oxygens (including phenoxy) is 1. The molecule has 0 radical (unpaired) electrons. The van der Waals surface area contributed by atoms with E-state index in [1.165, 1.54) is 25.7 Å². The SMILES string of the molecule is C[C@H](CC[C@@]1(C)C2=CCCC(C)(C)[C@@H]2CC[C@H]1C)CC(=O)OC(CO)CO. The van der Waals surface area contributed by atoms with Crippen LogP contribution in [0.4, 0.5) is 0 Å². The maximum absolute atomic E-state index is 12.0. The molecule has 0 aliphatic heterocycles. The Bertz CT molecular complexity index is 534. The second-order valence-electron chi connectivity index (χ2n) is 9.96. The summed E-state index contributed by atoms with van der Waals surface area (Å²) in [5, 5.41) is 18.1. The second-order valence-corrected chi connectivity index (χ2v) is 9.96. The van der Waals surface area contributed by atoms with Gasteiger partial charge in [0.05, 0.1) is 13.2 Å². The maximum atomic E-state index is 12.0. The van der Waals surface area contributed by atoms with E-state index in [2.05, 4.69) is 40.7 Å². The van der Waals surface area contributed by atoms with E-state index in [-0.39, 0.29) is 30.5 Å². The molecule has 0 bridgehead atoms. The van der Waals surface area contributed by atoms with Gasteiger partial charge in [0, 0.05) is 6.42 Å². The molecule has 2 aliphatic carbocycles. The lowest BCUT2D eigenvalue weighted by molar-refractivity contribution is -0.154. The fourth-order valence-electron chi connectivity index (χ4n) is 5.22. The van der Waals surface area contributed by atoms with Crippen LogP contribution < -0.4 is 0 Å². The molecule has 1 saturated carbocycles. The summed E-state index contributed by atoms with van der Waals surface area (Å²) in [7, 11) is 0. The normalized spacial score (nSPS) is 31.2. The van der Waals surface area contributed by atoms with Crippen LogP contribution in [-0.2, 0) is 9.53 Å². The first-order chi connectivity index (χ1) is 12.6. The largest absolute Gasteiger partial charge is 0.457 e. The van der Waals surface area contributed by atoms with E-state index in [1.807, 2.05) is 0 Å². The number of carbonyl (C=O) groups is 1. The summed E-state index contributed by atoms with van der Waals surface area (Å²) >= 11 is 0. The van der Waals surface area contributed by atoms with Crippen LogP contribution in [0.15, 0.2) is 11.6 Å². The van der Waals surface area contributed by atoms with Crippen LogP contribution in [0.1, 0.15) is 79.6 Å². The van der Waals surface area contributed by atoms with Gasteiger partial charge in [-0.05, 0) is 67.1 Å². The molecule has 2 N–H and O–H groups in total. The summed E-state index contributed by atoms with van der Waals surface area (Å²) in [5.74, 6) is 1.27. The molecule has 4 nitrogen and oxygen atoms in total. The molecule has 4 atom stereocenters. The van der Waals surface area contributed by atoms with Gasteiger partial charge < -0.3 is 14.9 Å². The highest BCUT2D eigenvalue weighted by atomic mass is 16.6. The number of carbonyl (C=O) groups excluding carboxylic acids is 1. The Balaban J connectivity index is 1.98. The van der Waals surface area contributed by atoms with E-state index in [0.717, 1.165) is 12.8 Å². The summed E-state index contributed by atoms with van der Waals surface area (Å²) < 4.78 is 5.12. The third kappa shape index (κ3) is 5.14. The van der Waals surface area contributed by atoms with Crippen molar-refractivity contribution in [3.05, 3.63) is 11.6 Å². The Kier molecular flexibility index (Phi) is 7.54. The molecule has 2 rings (SSSR count). The molecule has 0 aromatic heterocycles. The van der Waals surface area contributed by atoms with Crippen LogP contribution in [0.3, 0.4) is 0 Å². The van der Waals surface area contributed by atoms with E-state index < -0.39 is 6.10 Å². The number of hydrogen-bond donors (Lipinski definition) is 2. The van der Waals surface area contributed by atoms with E-state index >= 15 is 0 Å². The molecule has 0 aromatic rings. The van der Waals surface area contributed by atoms with Crippen molar-refractivity contribution in [2.45, 2.75) is 85.7 Å². The lowest BCUT2D eigenvalue weighted by Crippen LogP contribution is -2.43. The van der Waals surface area contributed by atoms with Crippen LogP contribution in [0.25, 0.3) is 0 Å². The summed E-state index contributed by atoms with van der Waals surface area (Å²) in [4.78, 5) is 12.0. The van der Waals surface area contributed by atoms with Crippen molar-refractivity contribution in [2.75, 3.05) is 13.2 Å². The smallest absolute Gasteiger partial charge is 0.306 e. The minimum Gasteiger partial charge on any atom is -0.457 e. The molecule has 0 saturated heterocycles. The number of hydrogen-bond acceptors (Lipinski definition) is 4. The maximum Gasteiger partial charge on any atom is 0.306 e. The van der Waals surface area contributed by atoms with Crippen LogP contribution in [0.5, 0.6) is 0 Å². The quantitative estimate of drug-likeness (QED) is 0.481. The number of aliphatic hydroxyl groups excluding tert-OH is 2. The Labute approximate surface area is 165 Å². The summed E-state index contributed by atoms with van der Waals surface area (Å²) in [6, 6.07) is 0. The molecule has 2 aliphatic rings. The average Bonchev–Trinajstić information content (AvgIpc) is 2.61. The van der Waals surface area contributed by atoms with Gasteiger partial charge in [-0.2, -0.15) is 0 Å². The molecule has 1 fully saturated rings. The lowest BCUT2D eigenvalue weighted by atomic mass is 9.52. The van der Waals surface area contributed by atoms with Crippen molar-refractivity contribution in [3.63, 3.8) is 0 Å². The fourth-order valence-corrected chi connectivity index (χ4v) is 5.22. The van der Waals surface area contributed by atoms with E-state index in [1.54, 1.807) is 5.57 Å². The van der Waals surface area contributed by atoms with Crippen LogP contribution in [-0.4, -0.2) is 35.5 Å². The first-order valence-corrected chi connectivity index (χ1v) is 10.8.